The summed E-state index contributed by atoms with van der Waals surface area (Å²) in [4.78, 5) is 12.4. The monoisotopic (exact) mass is 350 g/mol. The van der Waals surface area contributed by atoms with Crippen LogP contribution in [0.3, 0.4) is 0 Å². The van der Waals surface area contributed by atoms with Gasteiger partial charge in [-0.25, -0.2) is 9.48 Å². The van der Waals surface area contributed by atoms with Crippen molar-refractivity contribution in [1.29, 1.82) is 0 Å². The number of anilines is 3. The zero-order chi connectivity index (χ0) is 18.5. The Kier molecular flexibility index (Phi) is 5.22. The van der Waals surface area contributed by atoms with E-state index in [2.05, 4.69) is 10.4 Å². The highest BCUT2D eigenvalue weighted by Crippen LogP contribution is 2.27. The summed E-state index contributed by atoms with van der Waals surface area (Å²) in [6.07, 6.45) is 0. The minimum absolute atomic E-state index is 0.253. The molecule has 26 heavy (non-hydrogen) atoms. The number of aryl methyl sites for hydroxylation is 1. The molecule has 0 radical (unpaired) electrons. The molecule has 0 amide bonds. The summed E-state index contributed by atoms with van der Waals surface area (Å²) in [5, 5.41) is 7.68. The van der Waals surface area contributed by atoms with E-state index in [0.717, 1.165) is 16.8 Å². The molecule has 3 rings (SSSR count). The Labute approximate surface area is 152 Å². The van der Waals surface area contributed by atoms with Crippen LogP contribution in [0.2, 0.25) is 0 Å². The lowest BCUT2D eigenvalue weighted by Crippen LogP contribution is -2.11. The Morgan fingerprint density at radius 3 is 2.50 bits per heavy atom. The molecule has 0 spiro atoms. The van der Waals surface area contributed by atoms with Gasteiger partial charge < -0.3 is 15.8 Å². The van der Waals surface area contributed by atoms with Gasteiger partial charge in [0, 0.05) is 5.69 Å². The first-order valence-electron chi connectivity index (χ1n) is 8.49. The SMILES string of the molecule is CCOC(=O)c1c(Nc2ccc(C)cc2)nn(Cc2ccccc2)c1N. The number of nitrogens with two attached hydrogens (primary N) is 1. The number of carbonyl (C=O) groups is 1. The molecule has 3 aromatic rings. The highest BCUT2D eigenvalue weighted by molar-refractivity contribution is 6.00. The highest BCUT2D eigenvalue weighted by atomic mass is 16.5. The van der Waals surface area contributed by atoms with Crippen molar-refractivity contribution in [2.45, 2.75) is 20.4 Å². The molecule has 2 aromatic carbocycles. The number of hydrogen-bond donors (Lipinski definition) is 2. The minimum Gasteiger partial charge on any atom is -0.462 e. The maximum atomic E-state index is 12.4. The van der Waals surface area contributed by atoms with E-state index < -0.39 is 5.97 Å². The normalized spacial score (nSPS) is 10.5. The second-order valence-electron chi connectivity index (χ2n) is 5.96. The van der Waals surface area contributed by atoms with Gasteiger partial charge >= 0.3 is 5.97 Å². The van der Waals surface area contributed by atoms with Crippen LogP contribution in [0, 0.1) is 6.92 Å². The van der Waals surface area contributed by atoms with Crippen LogP contribution in [0.4, 0.5) is 17.3 Å². The maximum absolute atomic E-state index is 12.4. The van der Waals surface area contributed by atoms with E-state index in [0.29, 0.717) is 12.4 Å². The van der Waals surface area contributed by atoms with Gasteiger partial charge in [0.2, 0.25) is 0 Å². The number of ether oxygens (including phenoxy) is 1. The van der Waals surface area contributed by atoms with Crippen molar-refractivity contribution in [3.63, 3.8) is 0 Å². The van der Waals surface area contributed by atoms with Crippen LogP contribution in [-0.2, 0) is 11.3 Å². The van der Waals surface area contributed by atoms with Gasteiger partial charge in [-0.1, -0.05) is 48.0 Å². The van der Waals surface area contributed by atoms with E-state index in [9.17, 15) is 4.79 Å². The molecule has 0 bridgehead atoms. The van der Waals surface area contributed by atoms with Crippen molar-refractivity contribution < 1.29 is 9.53 Å². The molecule has 1 heterocycles. The molecular weight excluding hydrogens is 328 g/mol. The number of rotatable bonds is 6. The van der Waals surface area contributed by atoms with Crippen molar-refractivity contribution >= 4 is 23.3 Å². The number of nitrogen functional groups attached to an aromatic ring is 1. The van der Waals surface area contributed by atoms with E-state index in [4.69, 9.17) is 10.5 Å². The Morgan fingerprint density at radius 2 is 1.85 bits per heavy atom. The summed E-state index contributed by atoms with van der Waals surface area (Å²) in [5.41, 5.74) is 9.49. The Hall–Kier alpha value is -3.28. The lowest BCUT2D eigenvalue weighted by atomic mass is 10.2. The second-order valence-corrected chi connectivity index (χ2v) is 5.96. The first-order chi connectivity index (χ1) is 12.6. The molecule has 134 valence electrons. The summed E-state index contributed by atoms with van der Waals surface area (Å²) in [5.74, 6) is 0.182. The molecule has 1 aromatic heterocycles. The van der Waals surface area contributed by atoms with Gasteiger partial charge in [0.15, 0.2) is 5.82 Å². The molecule has 6 nitrogen and oxygen atoms in total. The first-order valence-corrected chi connectivity index (χ1v) is 8.49. The Morgan fingerprint density at radius 1 is 1.15 bits per heavy atom. The summed E-state index contributed by atoms with van der Waals surface area (Å²) >= 11 is 0. The molecule has 0 saturated heterocycles. The molecular formula is C20H22N4O2. The maximum Gasteiger partial charge on any atom is 0.345 e. The van der Waals surface area contributed by atoms with Crippen molar-refractivity contribution in [1.82, 2.24) is 9.78 Å². The average Bonchev–Trinajstić information content (AvgIpc) is 2.93. The van der Waals surface area contributed by atoms with Crippen LogP contribution in [0.5, 0.6) is 0 Å². The van der Waals surface area contributed by atoms with Crippen molar-refractivity contribution in [3.8, 4) is 0 Å². The summed E-state index contributed by atoms with van der Waals surface area (Å²) < 4.78 is 6.77. The number of nitrogens with zero attached hydrogens (tertiary/aromatic N) is 2. The van der Waals surface area contributed by atoms with Crippen LogP contribution in [0.25, 0.3) is 0 Å². The third-order valence-corrected chi connectivity index (χ3v) is 3.96. The third kappa shape index (κ3) is 3.85. The van der Waals surface area contributed by atoms with Crippen molar-refractivity contribution in [2.24, 2.45) is 0 Å². The second kappa shape index (κ2) is 7.74. The third-order valence-electron chi connectivity index (χ3n) is 3.96. The van der Waals surface area contributed by atoms with Crippen LogP contribution in [0.1, 0.15) is 28.4 Å². The first kappa shape index (κ1) is 17.5. The molecule has 0 aliphatic carbocycles. The zero-order valence-electron chi connectivity index (χ0n) is 14.9. The largest absolute Gasteiger partial charge is 0.462 e. The molecule has 0 aliphatic heterocycles. The van der Waals surface area contributed by atoms with Gasteiger partial charge in [-0.05, 0) is 31.5 Å². The number of nitrogens with one attached hydrogen (secondary N) is 1. The van der Waals surface area contributed by atoms with E-state index in [1.54, 1.807) is 11.6 Å². The van der Waals surface area contributed by atoms with Gasteiger partial charge in [-0.2, -0.15) is 5.10 Å². The van der Waals surface area contributed by atoms with E-state index in [-0.39, 0.29) is 18.0 Å². The number of carbonyl (C=O) groups excluding carboxylic acids is 1. The van der Waals surface area contributed by atoms with Crippen LogP contribution in [-0.4, -0.2) is 22.4 Å². The van der Waals surface area contributed by atoms with Gasteiger partial charge in [0.25, 0.3) is 0 Å². The standard InChI is InChI=1S/C20H22N4O2/c1-3-26-20(25)17-18(21)24(13-15-7-5-4-6-8-15)23-19(17)22-16-11-9-14(2)10-12-16/h4-12H,3,13,21H2,1-2H3,(H,22,23). The smallest absolute Gasteiger partial charge is 0.345 e. The van der Waals surface area contributed by atoms with Crippen LogP contribution in [0.15, 0.2) is 54.6 Å². The lowest BCUT2D eigenvalue weighted by Gasteiger charge is -2.06. The van der Waals surface area contributed by atoms with Gasteiger partial charge in [-0.3, -0.25) is 0 Å². The van der Waals surface area contributed by atoms with E-state index >= 15 is 0 Å². The number of esters is 1. The topological polar surface area (TPSA) is 82.2 Å². The minimum atomic E-state index is -0.487. The summed E-state index contributed by atoms with van der Waals surface area (Å²) in [7, 11) is 0. The average molecular weight is 350 g/mol. The van der Waals surface area contributed by atoms with Gasteiger partial charge in [-0.15, -0.1) is 0 Å². The molecule has 0 saturated carbocycles. The van der Waals surface area contributed by atoms with E-state index in [1.165, 1.54) is 0 Å². The fraction of sp³-hybridized carbons (Fsp3) is 0.200. The molecule has 3 N–H and O–H groups in total. The fourth-order valence-electron chi connectivity index (χ4n) is 2.62. The Balaban J connectivity index is 1.96. The molecule has 0 atom stereocenters. The predicted octanol–water partition coefficient (Wildman–Crippen LogP) is 3.74. The number of hydrogen-bond acceptors (Lipinski definition) is 5. The van der Waals surface area contributed by atoms with E-state index in [1.807, 2.05) is 61.5 Å². The highest BCUT2D eigenvalue weighted by Gasteiger charge is 2.23. The number of aromatic nitrogens is 2. The summed E-state index contributed by atoms with van der Waals surface area (Å²) in [6.45, 7) is 4.51. The molecule has 0 unspecified atom stereocenters. The van der Waals surface area contributed by atoms with Crippen LogP contribution < -0.4 is 11.1 Å². The Bertz CT molecular complexity index is 886. The molecule has 0 fully saturated rings. The van der Waals surface area contributed by atoms with Gasteiger partial charge in [0.05, 0.1) is 13.2 Å². The zero-order valence-corrected chi connectivity index (χ0v) is 14.9. The fourth-order valence-corrected chi connectivity index (χ4v) is 2.62. The van der Waals surface area contributed by atoms with Crippen LogP contribution >= 0.6 is 0 Å². The van der Waals surface area contributed by atoms with Gasteiger partial charge in [0.1, 0.15) is 11.4 Å². The lowest BCUT2D eigenvalue weighted by molar-refractivity contribution is 0.0528. The molecule has 0 aliphatic rings. The van der Waals surface area contributed by atoms with Crippen molar-refractivity contribution in [2.75, 3.05) is 17.7 Å². The van der Waals surface area contributed by atoms with Crippen molar-refractivity contribution in [3.05, 3.63) is 71.3 Å². The predicted molar refractivity (Wildman–Crippen MR) is 103 cm³/mol. The summed E-state index contributed by atoms with van der Waals surface area (Å²) in [6, 6.07) is 17.6. The quantitative estimate of drug-likeness (QED) is 0.662. The molecule has 6 heteroatoms. The number of benzene rings is 2.